The Morgan fingerprint density at radius 2 is 1.59 bits per heavy atom. The van der Waals surface area contributed by atoms with Gasteiger partial charge in [-0.05, 0) is 31.2 Å². The standard InChI is InChI=1S/C25H34F3N5O8/c1-16(34)32-18(21(36)31-14-12-29)9-5-6-13-30-20(35)11-10-19(22(37)41-23(38)25(26,27)28)33-24(39)40-15-17-7-3-2-4-8-17/h2-4,7-8,18-19H,5-6,9-15,29H2,1H3,(H,30,35)(H,31,36)(H,32,34)(H,33,39)/t18-,19-/m0/s1. The average Bonchev–Trinajstić information content (AvgIpc) is 2.91. The van der Waals surface area contributed by atoms with E-state index in [4.69, 9.17) is 10.5 Å². The molecule has 1 aromatic rings. The minimum absolute atomic E-state index is 0.143. The molecule has 41 heavy (non-hydrogen) atoms. The first kappa shape index (κ1) is 34.8. The number of ether oxygens (including phenoxy) is 2. The van der Waals surface area contributed by atoms with E-state index >= 15 is 0 Å². The molecule has 0 aromatic heterocycles. The van der Waals surface area contributed by atoms with Gasteiger partial charge < -0.3 is 36.5 Å². The molecular formula is C25H34F3N5O8. The van der Waals surface area contributed by atoms with Crippen LogP contribution in [-0.2, 0) is 40.1 Å². The predicted molar refractivity (Wildman–Crippen MR) is 136 cm³/mol. The molecule has 0 aliphatic carbocycles. The fraction of sp³-hybridized carbons (Fsp3) is 0.520. The number of alkyl carbamates (subject to hydrolysis) is 1. The quantitative estimate of drug-likeness (QED) is 0.104. The van der Waals surface area contributed by atoms with Crippen LogP contribution in [0.2, 0.25) is 0 Å². The number of amides is 4. The van der Waals surface area contributed by atoms with Crippen LogP contribution in [-0.4, -0.2) is 73.6 Å². The zero-order valence-corrected chi connectivity index (χ0v) is 22.4. The molecule has 0 spiro atoms. The van der Waals surface area contributed by atoms with Crippen molar-refractivity contribution in [2.75, 3.05) is 19.6 Å². The average molecular weight is 590 g/mol. The number of esters is 2. The first-order chi connectivity index (χ1) is 19.3. The number of halogens is 3. The minimum Gasteiger partial charge on any atom is -0.445 e. The number of benzene rings is 1. The van der Waals surface area contributed by atoms with E-state index < -0.39 is 66.9 Å². The summed E-state index contributed by atoms with van der Waals surface area (Å²) < 4.78 is 46.3. The highest BCUT2D eigenvalue weighted by atomic mass is 19.4. The third-order valence-corrected chi connectivity index (χ3v) is 5.25. The van der Waals surface area contributed by atoms with Crippen molar-refractivity contribution in [1.29, 1.82) is 0 Å². The molecule has 0 aliphatic heterocycles. The van der Waals surface area contributed by atoms with Crippen molar-refractivity contribution >= 4 is 35.8 Å². The number of hydrogen-bond donors (Lipinski definition) is 5. The second kappa shape index (κ2) is 18.2. The molecule has 1 rings (SSSR count). The van der Waals surface area contributed by atoms with Crippen LogP contribution < -0.4 is 27.0 Å². The van der Waals surface area contributed by atoms with Gasteiger partial charge in [-0.15, -0.1) is 0 Å². The van der Waals surface area contributed by atoms with Crippen molar-refractivity contribution in [3.8, 4) is 0 Å². The molecule has 228 valence electrons. The summed E-state index contributed by atoms with van der Waals surface area (Å²) in [5, 5.41) is 9.65. The highest BCUT2D eigenvalue weighted by molar-refractivity contribution is 5.92. The Balaban J connectivity index is 2.59. The van der Waals surface area contributed by atoms with Gasteiger partial charge in [0.05, 0.1) is 0 Å². The van der Waals surface area contributed by atoms with Gasteiger partial charge in [0.15, 0.2) is 0 Å². The summed E-state index contributed by atoms with van der Waals surface area (Å²) in [6, 6.07) is 5.79. The predicted octanol–water partition coefficient (Wildman–Crippen LogP) is 0.560. The lowest BCUT2D eigenvalue weighted by molar-refractivity contribution is -0.202. The third-order valence-electron chi connectivity index (χ3n) is 5.25. The van der Waals surface area contributed by atoms with Crippen LogP contribution in [0.4, 0.5) is 18.0 Å². The third kappa shape index (κ3) is 15.2. The lowest BCUT2D eigenvalue weighted by Crippen LogP contribution is -2.47. The molecule has 2 atom stereocenters. The van der Waals surface area contributed by atoms with Crippen molar-refractivity contribution < 1.29 is 51.4 Å². The SMILES string of the molecule is CC(=O)N[C@@H](CCCCNC(=O)CC[C@H](NC(=O)OCc1ccccc1)C(=O)OC(=O)C(F)(F)F)C(=O)NCCN. The highest BCUT2D eigenvalue weighted by Crippen LogP contribution is 2.17. The number of unbranched alkanes of at least 4 members (excludes halogenated alkanes) is 1. The Hall–Kier alpha value is -4.21. The topological polar surface area (TPSA) is 195 Å². The van der Waals surface area contributed by atoms with Crippen molar-refractivity contribution in [2.45, 2.75) is 63.9 Å². The van der Waals surface area contributed by atoms with E-state index in [1.807, 2.05) is 5.32 Å². The Bertz CT molecular complexity index is 1040. The van der Waals surface area contributed by atoms with Crippen molar-refractivity contribution in [1.82, 2.24) is 21.3 Å². The molecule has 0 saturated carbocycles. The van der Waals surface area contributed by atoms with Crippen LogP contribution in [0, 0.1) is 0 Å². The molecule has 16 heteroatoms. The van der Waals surface area contributed by atoms with Gasteiger partial charge >= 0.3 is 24.2 Å². The van der Waals surface area contributed by atoms with Gasteiger partial charge in [0.1, 0.15) is 18.7 Å². The Labute approximate surface area is 234 Å². The number of nitrogens with one attached hydrogen (secondary N) is 4. The van der Waals surface area contributed by atoms with Gasteiger partial charge in [-0.2, -0.15) is 13.2 Å². The summed E-state index contributed by atoms with van der Waals surface area (Å²) in [7, 11) is 0. The number of hydrogen-bond acceptors (Lipinski definition) is 9. The summed E-state index contributed by atoms with van der Waals surface area (Å²) in [5.41, 5.74) is 5.94. The van der Waals surface area contributed by atoms with Crippen LogP contribution in [0.3, 0.4) is 0 Å². The second-order valence-electron chi connectivity index (χ2n) is 8.68. The van der Waals surface area contributed by atoms with Crippen molar-refractivity contribution in [3.63, 3.8) is 0 Å². The largest absolute Gasteiger partial charge is 0.491 e. The van der Waals surface area contributed by atoms with E-state index in [9.17, 15) is 41.9 Å². The van der Waals surface area contributed by atoms with E-state index in [1.165, 1.54) is 6.92 Å². The van der Waals surface area contributed by atoms with Crippen LogP contribution in [0.15, 0.2) is 30.3 Å². The van der Waals surface area contributed by atoms with Crippen LogP contribution in [0.5, 0.6) is 0 Å². The minimum atomic E-state index is -5.45. The summed E-state index contributed by atoms with van der Waals surface area (Å²) >= 11 is 0. The summed E-state index contributed by atoms with van der Waals surface area (Å²) in [6.45, 7) is 1.66. The first-order valence-corrected chi connectivity index (χ1v) is 12.6. The van der Waals surface area contributed by atoms with Gasteiger partial charge in [-0.25, -0.2) is 14.4 Å². The van der Waals surface area contributed by atoms with E-state index in [0.717, 1.165) is 0 Å². The number of alkyl halides is 3. The highest BCUT2D eigenvalue weighted by Gasteiger charge is 2.43. The zero-order valence-electron chi connectivity index (χ0n) is 22.4. The number of carbonyl (C=O) groups is 6. The number of carbonyl (C=O) groups excluding carboxylic acids is 6. The molecule has 4 amide bonds. The van der Waals surface area contributed by atoms with Crippen molar-refractivity contribution in [3.05, 3.63) is 35.9 Å². The van der Waals surface area contributed by atoms with E-state index in [1.54, 1.807) is 30.3 Å². The molecular weight excluding hydrogens is 555 g/mol. The lowest BCUT2D eigenvalue weighted by Gasteiger charge is -2.18. The van der Waals surface area contributed by atoms with Gasteiger partial charge in [-0.3, -0.25) is 14.4 Å². The Morgan fingerprint density at radius 3 is 2.20 bits per heavy atom. The molecule has 0 bridgehead atoms. The van der Waals surface area contributed by atoms with Crippen LogP contribution in [0.1, 0.15) is 44.6 Å². The molecule has 0 radical (unpaired) electrons. The molecule has 0 aliphatic rings. The maximum Gasteiger partial charge on any atom is 0.491 e. The fourth-order valence-corrected chi connectivity index (χ4v) is 3.27. The summed E-state index contributed by atoms with van der Waals surface area (Å²) in [4.78, 5) is 71.1. The second-order valence-corrected chi connectivity index (χ2v) is 8.68. The van der Waals surface area contributed by atoms with E-state index in [2.05, 4.69) is 20.7 Å². The Morgan fingerprint density at radius 1 is 0.902 bits per heavy atom. The summed E-state index contributed by atoms with van der Waals surface area (Å²) in [5.74, 6) is -5.89. The summed E-state index contributed by atoms with van der Waals surface area (Å²) in [6.07, 6.45) is -6.43. The van der Waals surface area contributed by atoms with Crippen molar-refractivity contribution in [2.24, 2.45) is 5.73 Å². The van der Waals surface area contributed by atoms with Gasteiger partial charge in [0.25, 0.3) is 0 Å². The van der Waals surface area contributed by atoms with E-state index in [0.29, 0.717) is 18.4 Å². The maximum atomic E-state index is 12.5. The molecule has 6 N–H and O–H groups in total. The van der Waals surface area contributed by atoms with Gasteiger partial charge in [0, 0.05) is 33.0 Å². The molecule has 0 unspecified atom stereocenters. The maximum absolute atomic E-state index is 12.5. The van der Waals surface area contributed by atoms with E-state index in [-0.39, 0.29) is 32.7 Å². The van der Waals surface area contributed by atoms with Gasteiger partial charge in [-0.1, -0.05) is 30.3 Å². The van der Waals surface area contributed by atoms with Gasteiger partial charge in [0.2, 0.25) is 17.7 Å². The molecule has 0 saturated heterocycles. The monoisotopic (exact) mass is 589 g/mol. The molecule has 13 nitrogen and oxygen atoms in total. The van der Waals surface area contributed by atoms with Crippen LogP contribution >= 0.6 is 0 Å². The number of nitrogens with two attached hydrogens (primary N) is 1. The molecule has 1 aromatic carbocycles. The van der Waals surface area contributed by atoms with Crippen LogP contribution in [0.25, 0.3) is 0 Å². The lowest BCUT2D eigenvalue weighted by atomic mass is 10.1. The fourth-order valence-electron chi connectivity index (χ4n) is 3.27. The normalized spacial score (nSPS) is 12.3. The molecule has 0 fully saturated rings. The molecule has 0 heterocycles. The first-order valence-electron chi connectivity index (χ1n) is 12.6. The number of rotatable bonds is 16. The smallest absolute Gasteiger partial charge is 0.445 e. The zero-order chi connectivity index (χ0) is 30.8. The Kier molecular flexibility index (Phi) is 15.5.